The minimum atomic E-state index is -4.56. The summed E-state index contributed by atoms with van der Waals surface area (Å²) in [6.45, 7) is 2.40. The molecule has 0 bridgehead atoms. The highest BCUT2D eigenvalue weighted by Crippen LogP contribution is 2.33. The van der Waals surface area contributed by atoms with Crippen LogP contribution in [-0.4, -0.2) is 16.3 Å². The van der Waals surface area contributed by atoms with Crippen LogP contribution in [0.15, 0.2) is 30.5 Å². The molecule has 0 atom stereocenters. The molecule has 0 aliphatic rings. The van der Waals surface area contributed by atoms with Crippen LogP contribution < -0.4 is 5.32 Å². The summed E-state index contributed by atoms with van der Waals surface area (Å²) in [5.41, 5.74) is -0.812. The zero-order chi connectivity index (χ0) is 14.8. The Labute approximate surface area is 113 Å². The topological polar surface area (TPSA) is 29.9 Å². The lowest BCUT2D eigenvalue weighted by Gasteiger charge is -2.13. The predicted octanol–water partition coefficient (Wildman–Crippen LogP) is 3.14. The number of rotatable bonds is 4. The van der Waals surface area contributed by atoms with Crippen LogP contribution >= 0.6 is 0 Å². The summed E-state index contributed by atoms with van der Waals surface area (Å²) < 4.78 is 53.4. The maximum Gasteiger partial charge on any atom is 0.433 e. The van der Waals surface area contributed by atoms with Crippen LogP contribution in [0.4, 0.5) is 17.6 Å². The van der Waals surface area contributed by atoms with Crippen LogP contribution in [0, 0.1) is 5.82 Å². The number of nitrogens with zero attached hydrogens (tertiary/aromatic N) is 2. The van der Waals surface area contributed by atoms with Crippen LogP contribution in [0.25, 0.3) is 5.69 Å². The largest absolute Gasteiger partial charge is 0.433 e. The van der Waals surface area contributed by atoms with Gasteiger partial charge in [-0.05, 0) is 24.7 Å². The third kappa shape index (κ3) is 2.98. The molecule has 0 fully saturated rings. The summed E-state index contributed by atoms with van der Waals surface area (Å²) in [5.74, 6) is -0.612. The Kier molecular flexibility index (Phi) is 4.08. The van der Waals surface area contributed by atoms with Crippen molar-refractivity contribution in [3.63, 3.8) is 0 Å². The molecule has 0 aliphatic carbocycles. The number of nitrogens with one attached hydrogen (secondary N) is 1. The first-order chi connectivity index (χ1) is 9.43. The molecule has 0 spiro atoms. The highest BCUT2D eigenvalue weighted by Gasteiger charge is 2.38. The van der Waals surface area contributed by atoms with Crippen LogP contribution in [0.1, 0.15) is 18.2 Å². The molecule has 0 saturated heterocycles. The molecule has 108 valence electrons. The van der Waals surface area contributed by atoms with Crippen LogP contribution in [-0.2, 0) is 12.7 Å². The third-order valence-electron chi connectivity index (χ3n) is 2.73. The summed E-state index contributed by atoms with van der Waals surface area (Å²) in [6, 6.07) is 4.90. The Morgan fingerprint density at radius 1 is 1.30 bits per heavy atom. The summed E-state index contributed by atoms with van der Waals surface area (Å²) in [4.78, 5) is 0. The molecule has 1 aromatic carbocycles. The second kappa shape index (κ2) is 5.62. The Hall–Kier alpha value is -1.89. The number of hydrogen-bond donors (Lipinski definition) is 1. The standard InChI is InChI=1S/C13H13F4N3/c1-2-18-7-9-8-19-20(12(9)13(15,16)17)11-5-3-4-10(14)6-11/h3-6,8,18H,2,7H2,1H3. The maximum atomic E-state index is 13.2. The van der Waals surface area contributed by atoms with E-state index in [2.05, 4.69) is 10.4 Å². The van der Waals surface area contributed by atoms with E-state index in [-0.39, 0.29) is 17.8 Å². The molecular weight excluding hydrogens is 274 g/mol. The van der Waals surface area contributed by atoms with Gasteiger partial charge in [0, 0.05) is 12.1 Å². The molecule has 2 aromatic rings. The molecule has 3 nitrogen and oxygen atoms in total. The first-order valence-corrected chi connectivity index (χ1v) is 6.04. The summed E-state index contributed by atoms with van der Waals surface area (Å²) in [5, 5.41) is 6.56. The van der Waals surface area contributed by atoms with Crippen molar-refractivity contribution in [3.05, 3.63) is 47.5 Å². The normalized spacial score (nSPS) is 11.8. The number of halogens is 4. The van der Waals surface area contributed by atoms with Crippen molar-refractivity contribution in [2.75, 3.05) is 6.54 Å². The van der Waals surface area contributed by atoms with Crippen molar-refractivity contribution >= 4 is 0 Å². The fourth-order valence-corrected chi connectivity index (χ4v) is 1.88. The molecule has 2 rings (SSSR count). The predicted molar refractivity (Wildman–Crippen MR) is 65.9 cm³/mol. The number of benzene rings is 1. The monoisotopic (exact) mass is 287 g/mol. The summed E-state index contributed by atoms with van der Waals surface area (Å²) in [7, 11) is 0. The van der Waals surface area contributed by atoms with E-state index < -0.39 is 17.7 Å². The van der Waals surface area contributed by atoms with Crippen molar-refractivity contribution in [3.8, 4) is 5.69 Å². The van der Waals surface area contributed by atoms with Gasteiger partial charge in [0.2, 0.25) is 0 Å². The second-order valence-electron chi connectivity index (χ2n) is 4.19. The zero-order valence-corrected chi connectivity index (χ0v) is 10.7. The number of alkyl halides is 3. The van der Waals surface area contributed by atoms with Gasteiger partial charge in [-0.15, -0.1) is 0 Å². The van der Waals surface area contributed by atoms with Gasteiger partial charge in [-0.1, -0.05) is 13.0 Å². The first-order valence-electron chi connectivity index (χ1n) is 6.04. The smallest absolute Gasteiger partial charge is 0.313 e. The van der Waals surface area contributed by atoms with E-state index in [1.165, 1.54) is 18.2 Å². The Bertz CT molecular complexity index is 590. The van der Waals surface area contributed by atoms with E-state index in [0.29, 0.717) is 6.54 Å². The van der Waals surface area contributed by atoms with Gasteiger partial charge < -0.3 is 5.32 Å². The van der Waals surface area contributed by atoms with Gasteiger partial charge >= 0.3 is 6.18 Å². The Morgan fingerprint density at radius 3 is 2.65 bits per heavy atom. The summed E-state index contributed by atoms with van der Waals surface area (Å²) in [6.07, 6.45) is -3.41. The zero-order valence-electron chi connectivity index (χ0n) is 10.7. The number of hydrogen-bond acceptors (Lipinski definition) is 2. The van der Waals surface area contributed by atoms with Gasteiger partial charge in [-0.3, -0.25) is 0 Å². The highest BCUT2D eigenvalue weighted by atomic mass is 19.4. The second-order valence-corrected chi connectivity index (χ2v) is 4.19. The van der Waals surface area contributed by atoms with Gasteiger partial charge in [-0.2, -0.15) is 18.3 Å². The quantitative estimate of drug-likeness (QED) is 0.876. The van der Waals surface area contributed by atoms with Crippen LogP contribution in [0.5, 0.6) is 0 Å². The lowest BCUT2D eigenvalue weighted by atomic mass is 10.2. The van der Waals surface area contributed by atoms with E-state index in [1.807, 2.05) is 0 Å². The van der Waals surface area contributed by atoms with Crippen molar-refractivity contribution in [2.24, 2.45) is 0 Å². The minimum absolute atomic E-state index is 0.0311. The van der Waals surface area contributed by atoms with E-state index in [4.69, 9.17) is 0 Å². The van der Waals surface area contributed by atoms with Crippen molar-refractivity contribution in [2.45, 2.75) is 19.6 Å². The minimum Gasteiger partial charge on any atom is -0.313 e. The van der Waals surface area contributed by atoms with Crippen LogP contribution in [0.3, 0.4) is 0 Å². The molecule has 0 amide bonds. The van der Waals surface area contributed by atoms with Gasteiger partial charge in [0.15, 0.2) is 5.69 Å². The molecular formula is C13H13F4N3. The number of aromatic nitrogens is 2. The van der Waals surface area contributed by atoms with E-state index >= 15 is 0 Å². The van der Waals surface area contributed by atoms with Crippen molar-refractivity contribution in [1.82, 2.24) is 15.1 Å². The Morgan fingerprint density at radius 2 is 2.05 bits per heavy atom. The average Bonchev–Trinajstić information content (AvgIpc) is 2.80. The van der Waals surface area contributed by atoms with Crippen molar-refractivity contribution in [1.29, 1.82) is 0 Å². The van der Waals surface area contributed by atoms with E-state index in [1.54, 1.807) is 6.92 Å². The van der Waals surface area contributed by atoms with Gasteiger partial charge in [-0.25, -0.2) is 9.07 Å². The van der Waals surface area contributed by atoms with E-state index in [0.717, 1.165) is 16.9 Å². The molecule has 0 saturated carbocycles. The van der Waals surface area contributed by atoms with Crippen LogP contribution in [0.2, 0.25) is 0 Å². The maximum absolute atomic E-state index is 13.2. The first kappa shape index (κ1) is 14.5. The molecule has 0 aliphatic heterocycles. The average molecular weight is 287 g/mol. The molecule has 0 unspecified atom stereocenters. The molecule has 1 heterocycles. The molecule has 20 heavy (non-hydrogen) atoms. The third-order valence-corrected chi connectivity index (χ3v) is 2.73. The van der Waals surface area contributed by atoms with Gasteiger partial charge in [0.1, 0.15) is 5.82 Å². The molecule has 1 N–H and O–H groups in total. The SMILES string of the molecule is CCNCc1cnn(-c2cccc(F)c2)c1C(F)(F)F. The summed E-state index contributed by atoms with van der Waals surface area (Å²) >= 11 is 0. The lowest BCUT2D eigenvalue weighted by molar-refractivity contribution is -0.143. The lowest BCUT2D eigenvalue weighted by Crippen LogP contribution is -2.19. The van der Waals surface area contributed by atoms with Gasteiger partial charge in [0.05, 0.1) is 11.9 Å². The van der Waals surface area contributed by atoms with Crippen molar-refractivity contribution < 1.29 is 17.6 Å². The van der Waals surface area contributed by atoms with E-state index in [9.17, 15) is 17.6 Å². The molecule has 7 heteroatoms. The highest BCUT2D eigenvalue weighted by molar-refractivity contribution is 5.36. The molecule has 1 aromatic heterocycles. The fourth-order valence-electron chi connectivity index (χ4n) is 1.88. The fraction of sp³-hybridized carbons (Fsp3) is 0.308. The van der Waals surface area contributed by atoms with Gasteiger partial charge in [0.25, 0.3) is 0 Å². The molecule has 0 radical (unpaired) electrons. The Balaban J connectivity index is 2.51.